The molecule has 6 nitrogen and oxygen atoms in total. The molecule has 2 aromatic heterocycles. The Bertz CT molecular complexity index is 1140. The van der Waals surface area contributed by atoms with Crippen LogP contribution in [0.25, 0.3) is 5.65 Å². The van der Waals surface area contributed by atoms with Crippen LogP contribution in [0.1, 0.15) is 62.3 Å². The van der Waals surface area contributed by atoms with Crippen LogP contribution in [0.15, 0.2) is 42.6 Å². The Morgan fingerprint density at radius 2 is 1.82 bits per heavy atom. The average Bonchev–Trinajstić information content (AvgIpc) is 3.15. The van der Waals surface area contributed by atoms with Crippen LogP contribution in [0.5, 0.6) is 0 Å². The first-order valence-electron chi connectivity index (χ1n) is 11.6. The summed E-state index contributed by atoms with van der Waals surface area (Å²) in [6, 6.07) is 11.9. The number of hydrogen-bond acceptors (Lipinski definition) is 4. The molecule has 3 aromatic rings. The number of nitrogens with zero attached hydrogens (tertiary/aromatic N) is 3. The molecule has 0 radical (unpaired) electrons. The van der Waals surface area contributed by atoms with E-state index in [9.17, 15) is 9.90 Å². The minimum Gasteiger partial charge on any atom is -0.389 e. The van der Waals surface area contributed by atoms with Gasteiger partial charge in [-0.2, -0.15) is 0 Å². The van der Waals surface area contributed by atoms with Gasteiger partial charge in [-0.1, -0.05) is 51.4 Å². The normalized spacial score (nSPS) is 16.2. The second-order valence-electron chi connectivity index (χ2n) is 9.95. The van der Waals surface area contributed by atoms with Crippen LogP contribution >= 0.6 is 11.6 Å². The molecule has 2 N–H and O–H groups in total. The van der Waals surface area contributed by atoms with E-state index in [4.69, 9.17) is 11.6 Å². The third kappa shape index (κ3) is 4.73. The van der Waals surface area contributed by atoms with Gasteiger partial charge in [-0.3, -0.25) is 9.20 Å². The van der Waals surface area contributed by atoms with Crippen molar-refractivity contribution in [1.82, 2.24) is 14.7 Å². The maximum Gasteiger partial charge on any atom is 0.270 e. The molecule has 0 saturated carbocycles. The first kappa shape index (κ1) is 23.6. The maximum atomic E-state index is 13.0. The van der Waals surface area contributed by atoms with E-state index in [0.717, 1.165) is 42.9 Å². The summed E-state index contributed by atoms with van der Waals surface area (Å²) < 4.78 is 1.76. The van der Waals surface area contributed by atoms with Gasteiger partial charge in [0.25, 0.3) is 5.91 Å². The second kappa shape index (κ2) is 8.99. The number of fused-ring (bicyclic) bond motifs is 1. The zero-order chi connectivity index (χ0) is 23.8. The smallest absolute Gasteiger partial charge is 0.270 e. The molecule has 176 valence electrons. The summed E-state index contributed by atoms with van der Waals surface area (Å²) in [5, 5.41) is 14.5. The van der Waals surface area contributed by atoms with Gasteiger partial charge < -0.3 is 15.3 Å². The zero-order valence-corrected chi connectivity index (χ0v) is 20.6. The minimum absolute atomic E-state index is 0.120. The molecule has 4 rings (SSSR count). The number of benzene rings is 1. The minimum atomic E-state index is -0.618. The molecule has 7 heteroatoms. The predicted molar refractivity (Wildman–Crippen MR) is 133 cm³/mol. The number of nitrogens with one attached hydrogen (secondary N) is 1. The Labute approximate surface area is 200 Å². The first-order valence-corrected chi connectivity index (χ1v) is 12.0. The quantitative estimate of drug-likeness (QED) is 0.561. The molecule has 1 fully saturated rings. The number of rotatable bonds is 5. The van der Waals surface area contributed by atoms with Crippen molar-refractivity contribution in [3.8, 4) is 0 Å². The largest absolute Gasteiger partial charge is 0.389 e. The highest BCUT2D eigenvalue weighted by atomic mass is 35.5. The molecule has 1 aliphatic rings. The fraction of sp³-hybridized carbons (Fsp3) is 0.462. The number of aromatic nitrogens is 2. The molecule has 1 aliphatic heterocycles. The lowest BCUT2D eigenvalue weighted by Crippen LogP contribution is -2.51. The van der Waals surface area contributed by atoms with Gasteiger partial charge in [-0.15, -0.1) is 0 Å². The van der Waals surface area contributed by atoms with Crippen LogP contribution in [0, 0.1) is 5.41 Å². The summed E-state index contributed by atoms with van der Waals surface area (Å²) in [5.74, 6) is -0.164. The van der Waals surface area contributed by atoms with Crippen molar-refractivity contribution in [1.29, 1.82) is 0 Å². The Morgan fingerprint density at radius 1 is 1.15 bits per heavy atom. The lowest BCUT2D eigenvalue weighted by Gasteiger charge is -2.46. The third-order valence-electron chi connectivity index (χ3n) is 6.95. The summed E-state index contributed by atoms with van der Waals surface area (Å²) in [7, 11) is 0. The molecule has 0 atom stereocenters. The standard InChI is InChI=1S/C26H33ClN4O2/c1-5-21-23(31-17-19(27)8-11-22(31)29-21)24(32)28-16-18-6-9-20(10-7-18)30-14-12-26(33,13-15-30)25(2,3)4/h6-11,17,33H,5,12-16H2,1-4H3,(H,28,32). The highest BCUT2D eigenvalue weighted by molar-refractivity contribution is 6.30. The molecule has 0 spiro atoms. The highest BCUT2D eigenvalue weighted by Crippen LogP contribution is 2.39. The number of halogens is 1. The van der Waals surface area contributed by atoms with Gasteiger partial charge in [0.1, 0.15) is 11.3 Å². The Balaban J connectivity index is 1.40. The number of carbonyl (C=O) groups is 1. The van der Waals surface area contributed by atoms with E-state index in [1.807, 2.05) is 25.1 Å². The second-order valence-corrected chi connectivity index (χ2v) is 10.4. The molecule has 1 amide bonds. The van der Waals surface area contributed by atoms with Crippen molar-refractivity contribution in [3.05, 3.63) is 64.6 Å². The molecule has 1 saturated heterocycles. The van der Waals surface area contributed by atoms with Gasteiger partial charge in [0.2, 0.25) is 0 Å². The van der Waals surface area contributed by atoms with Crippen molar-refractivity contribution >= 4 is 28.8 Å². The van der Waals surface area contributed by atoms with Crippen molar-refractivity contribution in [2.45, 2.75) is 59.1 Å². The molecule has 33 heavy (non-hydrogen) atoms. The number of piperidine rings is 1. The summed E-state index contributed by atoms with van der Waals surface area (Å²) in [4.78, 5) is 19.9. The Kier molecular flexibility index (Phi) is 6.43. The zero-order valence-electron chi connectivity index (χ0n) is 19.9. The molecule has 3 heterocycles. The van der Waals surface area contributed by atoms with Crippen LogP contribution in [0.4, 0.5) is 5.69 Å². The lowest BCUT2D eigenvalue weighted by atomic mass is 9.71. The molecular weight excluding hydrogens is 436 g/mol. The average molecular weight is 469 g/mol. The number of aliphatic hydroxyl groups is 1. The predicted octanol–water partition coefficient (Wildman–Crippen LogP) is 4.86. The summed E-state index contributed by atoms with van der Waals surface area (Å²) in [5.41, 5.74) is 3.44. The molecule has 0 aliphatic carbocycles. The maximum absolute atomic E-state index is 13.0. The van der Waals surface area contributed by atoms with E-state index in [2.05, 4.69) is 48.1 Å². The number of anilines is 1. The summed E-state index contributed by atoms with van der Waals surface area (Å²) in [6.07, 6.45) is 3.91. The molecular formula is C26H33ClN4O2. The number of imidazole rings is 1. The van der Waals surface area contributed by atoms with E-state index >= 15 is 0 Å². The van der Waals surface area contributed by atoms with E-state index in [1.54, 1.807) is 16.7 Å². The molecule has 0 bridgehead atoms. The molecule has 1 aromatic carbocycles. The topological polar surface area (TPSA) is 69.9 Å². The van der Waals surface area contributed by atoms with Gasteiger partial charge in [0.05, 0.1) is 16.3 Å². The van der Waals surface area contributed by atoms with Crippen LogP contribution < -0.4 is 10.2 Å². The van der Waals surface area contributed by atoms with E-state index in [1.165, 1.54) is 0 Å². The lowest BCUT2D eigenvalue weighted by molar-refractivity contribution is -0.0754. The van der Waals surface area contributed by atoms with Gasteiger partial charge in [0.15, 0.2) is 0 Å². The van der Waals surface area contributed by atoms with Crippen LogP contribution in [0.2, 0.25) is 5.02 Å². The Hall–Kier alpha value is -2.57. The van der Waals surface area contributed by atoms with Gasteiger partial charge in [-0.05, 0) is 54.5 Å². The van der Waals surface area contributed by atoms with Crippen LogP contribution in [0.3, 0.4) is 0 Å². The van der Waals surface area contributed by atoms with E-state index in [0.29, 0.717) is 29.3 Å². The fourth-order valence-corrected chi connectivity index (χ4v) is 4.69. The van der Waals surface area contributed by atoms with Crippen molar-refractivity contribution < 1.29 is 9.90 Å². The highest BCUT2D eigenvalue weighted by Gasteiger charge is 2.42. The Morgan fingerprint density at radius 3 is 2.42 bits per heavy atom. The third-order valence-corrected chi connectivity index (χ3v) is 7.17. The monoisotopic (exact) mass is 468 g/mol. The van der Waals surface area contributed by atoms with Gasteiger partial charge in [-0.25, -0.2) is 4.98 Å². The first-order chi connectivity index (χ1) is 15.6. The number of amides is 1. The number of pyridine rings is 1. The van der Waals surface area contributed by atoms with Crippen molar-refractivity contribution in [2.24, 2.45) is 5.41 Å². The SMILES string of the molecule is CCc1nc2ccc(Cl)cn2c1C(=O)NCc1ccc(N2CCC(O)(C(C)(C)C)CC2)cc1. The van der Waals surface area contributed by atoms with Gasteiger partial charge in [0, 0.05) is 31.5 Å². The number of carbonyl (C=O) groups excluding carboxylic acids is 1. The summed E-state index contributed by atoms with van der Waals surface area (Å²) in [6.45, 7) is 10.4. The molecule has 0 unspecified atom stereocenters. The van der Waals surface area contributed by atoms with Crippen LogP contribution in [-0.4, -0.2) is 39.1 Å². The van der Waals surface area contributed by atoms with Crippen molar-refractivity contribution in [2.75, 3.05) is 18.0 Å². The van der Waals surface area contributed by atoms with Crippen molar-refractivity contribution in [3.63, 3.8) is 0 Å². The summed E-state index contributed by atoms with van der Waals surface area (Å²) >= 11 is 6.14. The van der Waals surface area contributed by atoms with Gasteiger partial charge >= 0.3 is 0 Å². The number of hydrogen-bond donors (Lipinski definition) is 2. The van der Waals surface area contributed by atoms with Crippen LogP contribution in [-0.2, 0) is 13.0 Å². The van der Waals surface area contributed by atoms with E-state index in [-0.39, 0.29) is 11.3 Å². The number of aryl methyl sites for hydroxylation is 1. The van der Waals surface area contributed by atoms with E-state index < -0.39 is 5.60 Å². The fourth-order valence-electron chi connectivity index (χ4n) is 4.53.